The molecule has 0 fully saturated rings. The summed E-state index contributed by atoms with van der Waals surface area (Å²) in [5.41, 5.74) is 7.00. The first kappa shape index (κ1) is 12.7. The van der Waals surface area contributed by atoms with Crippen molar-refractivity contribution in [2.24, 2.45) is 5.10 Å². The number of hydrazone groups is 1. The van der Waals surface area contributed by atoms with Gasteiger partial charge in [0.05, 0.1) is 11.4 Å². The Labute approximate surface area is 112 Å². The van der Waals surface area contributed by atoms with Gasteiger partial charge in [-0.15, -0.1) is 0 Å². The normalized spacial score (nSPS) is 11.4. The Morgan fingerprint density at radius 3 is 2.50 bits per heavy atom. The summed E-state index contributed by atoms with van der Waals surface area (Å²) in [4.78, 5) is 0. The van der Waals surface area contributed by atoms with Crippen LogP contribution in [0.4, 0.5) is 5.69 Å². The maximum Gasteiger partial charge on any atom is 0.0648 e. The van der Waals surface area contributed by atoms with Crippen molar-refractivity contribution < 1.29 is 0 Å². The molecule has 2 rings (SSSR count). The van der Waals surface area contributed by atoms with E-state index in [1.807, 2.05) is 62.4 Å². The average molecular weight is 259 g/mol. The van der Waals surface area contributed by atoms with Gasteiger partial charge in [-0.1, -0.05) is 48.0 Å². The predicted octanol–water partition coefficient (Wildman–Crippen LogP) is 4.48. The van der Waals surface area contributed by atoms with E-state index in [9.17, 15) is 0 Å². The first-order chi connectivity index (χ1) is 8.66. The van der Waals surface area contributed by atoms with E-state index in [4.69, 9.17) is 11.6 Å². The zero-order valence-corrected chi connectivity index (χ0v) is 11.2. The molecular formula is C15H15ClN2. The van der Waals surface area contributed by atoms with Gasteiger partial charge in [-0.3, -0.25) is 5.43 Å². The van der Waals surface area contributed by atoms with Crippen molar-refractivity contribution in [2.75, 3.05) is 5.43 Å². The number of anilines is 1. The fourth-order valence-corrected chi connectivity index (χ4v) is 1.74. The summed E-state index contributed by atoms with van der Waals surface area (Å²) in [6.45, 7) is 3.95. The molecule has 0 saturated carbocycles. The highest BCUT2D eigenvalue weighted by Gasteiger charge is 1.98. The predicted molar refractivity (Wildman–Crippen MR) is 78.5 cm³/mol. The van der Waals surface area contributed by atoms with Gasteiger partial charge in [-0.05, 0) is 37.1 Å². The van der Waals surface area contributed by atoms with Crippen LogP contribution in [0.5, 0.6) is 0 Å². The van der Waals surface area contributed by atoms with Crippen LogP contribution in [-0.2, 0) is 0 Å². The number of halogens is 1. The average Bonchev–Trinajstić information content (AvgIpc) is 2.41. The van der Waals surface area contributed by atoms with E-state index in [0.717, 1.165) is 27.5 Å². The van der Waals surface area contributed by atoms with Crippen LogP contribution >= 0.6 is 11.6 Å². The van der Waals surface area contributed by atoms with E-state index < -0.39 is 0 Å². The maximum absolute atomic E-state index is 6.06. The third-order valence-electron chi connectivity index (χ3n) is 2.72. The van der Waals surface area contributed by atoms with Crippen molar-refractivity contribution in [3.05, 3.63) is 64.7 Å². The fraction of sp³-hybridized carbons (Fsp3) is 0.133. The summed E-state index contributed by atoms with van der Waals surface area (Å²) in [6.07, 6.45) is 0. The number of aryl methyl sites for hydroxylation is 1. The van der Waals surface area contributed by atoms with Crippen molar-refractivity contribution in [2.45, 2.75) is 13.8 Å². The van der Waals surface area contributed by atoms with Crippen molar-refractivity contribution in [1.29, 1.82) is 0 Å². The molecular weight excluding hydrogens is 244 g/mol. The van der Waals surface area contributed by atoms with Crippen LogP contribution in [0.3, 0.4) is 0 Å². The summed E-state index contributed by atoms with van der Waals surface area (Å²) in [5, 5.41) is 5.09. The molecule has 1 N–H and O–H groups in total. The van der Waals surface area contributed by atoms with Crippen molar-refractivity contribution in [3.8, 4) is 0 Å². The summed E-state index contributed by atoms with van der Waals surface area (Å²) in [6, 6.07) is 15.9. The molecule has 0 aliphatic carbocycles. The van der Waals surface area contributed by atoms with Crippen molar-refractivity contribution >= 4 is 23.0 Å². The Morgan fingerprint density at radius 2 is 1.83 bits per heavy atom. The van der Waals surface area contributed by atoms with Crippen LogP contribution in [0.2, 0.25) is 5.02 Å². The number of rotatable bonds is 3. The first-order valence-corrected chi connectivity index (χ1v) is 6.16. The second-order valence-electron chi connectivity index (χ2n) is 4.14. The molecule has 2 aromatic carbocycles. The highest BCUT2D eigenvalue weighted by molar-refractivity contribution is 6.31. The number of hydrogen-bond acceptors (Lipinski definition) is 2. The molecule has 2 aromatic rings. The lowest BCUT2D eigenvalue weighted by molar-refractivity contribution is 1.31. The Bertz CT molecular complexity index is 562. The van der Waals surface area contributed by atoms with Gasteiger partial charge in [0.15, 0.2) is 0 Å². The molecule has 0 atom stereocenters. The van der Waals surface area contributed by atoms with Crippen molar-refractivity contribution in [1.82, 2.24) is 0 Å². The van der Waals surface area contributed by atoms with Gasteiger partial charge < -0.3 is 0 Å². The minimum absolute atomic E-state index is 0.743. The van der Waals surface area contributed by atoms with Crippen LogP contribution in [0, 0.1) is 6.92 Å². The standard InChI is InChI=1S/C15H15ClN2/c1-11-8-9-14(10-15(11)16)18-17-12(2)13-6-4-3-5-7-13/h3-10,18H,1-2H3/b17-12-. The van der Waals surface area contributed by atoms with Gasteiger partial charge in [-0.2, -0.15) is 5.10 Å². The van der Waals surface area contributed by atoms with Crippen molar-refractivity contribution in [3.63, 3.8) is 0 Å². The Hall–Kier alpha value is -1.80. The van der Waals surface area contributed by atoms with Crippen LogP contribution < -0.4 is 5.43 Å². The monoisotopic (exact) mass is 258 g/mol. The second-order valence-corrected chi connectivity index (χ2v) is 4.55. The quantitative estimate of drug-likeness (QED) is 0.637. The maximum atomic E-state index is 6.06. The van der Waals surface area contributed by atoms with Crippen LogP contribution in [0.15, 0.2) is 53.6 Å². The molecule has 92 valence electrons. The first-order valence-electron chi connectivity index (χ1n) is 5.78. The Balaban J connectivity index is 2.13. The zero-order valence-electron chi connectivity index (χ0n) is 10.4. The van der Waals surface area contributed by atoms with Crippen LogP contribution in [-0.4, -0.2) is 5.71 Å². The van der Waals surface area contributed by atoms with Gasteiger partial charge in [0.1, 0.15) is 0 Å². The van der Waals surface area contributed by atoms with Gasteiger partial charge >= 0.3 is 0 Å². The van der Waals surface area contributed by atoms with E-state index in [1.54, 1.807) is 0 Å². The molecule has 0 bridgehead atoms. The summed E-state index contributed by atoms with van der Waals surface area (Å²) < 4.78 is 0. The molecule has 3 heteroatoms. The number of benzene rings is 2. The molecule has 0 heterocycles. The topological polar surface area (TPSA) is 24.4 Å². The highest BCUT2D eigenvalue weighted by atomic mass is 35.5. The molecule has 0 amide bonds. The minimum Gasteiger partial charge on any atom is -0.278 e. The minimum atomic E-state index is 0.743. The summed E-state index contributed by atoms with van der Waals surface area (Å²) in [5.74, 6) is 0. The number of hydrogen-bond donors (Lipinski definition) is 1. The van der Waals surface area contributed by atoms with Gasteiger partial charge in [0.25, 0.3) is 0 Å². The number of nitrogens with one attached hydrogen (secondary N) is 1. The highest BCUT2D eigenvalue weighted by Crippen LogP contribution is 2.20. The van der Waals surface area contributed by atoms with E-state index in [2.05, 4.69) is 10.5 Å². The summed E-state index contributed by atoms with van der Waals surface area (Å²) in [7, 11) is 0. The SMILES string of the molecule is C/C(=N/Nc1ccc(C)c(Cl)c1)c1ccccc1. The third kappa shape index (κ3) is 3.11. The molecule has 0 radical (unpaired) electrons. The van der Waals surface area contributed by atoms with E-state index >= 15 is 0 Å². The molecule has 2 nitrogen and oxygen atoms in total. The number of nitrogens with zero attached hydrogens (tertiary/aromatic N) is 1. The zero-order chi connectivity index (χ0) is 13.0. The van der Waals surface area contributed by atoms with E-state index in [0.29, 0.717) is 0 Å². The van der Waals surface area contributed by atoms with E-state index in [-0.39, 0.29) is 0 Å². The second kappa shape index (κ2) is 5.69. The lowest BCUT2D eigenvalue weighted by Crippen LogP contribution is -1.99. The molecule has 0 aliphatic heterocycles. The smallest absolute Gasteiger partial charge is 0.0648 e. The largest absolute Gasteiger partial charge is 0.278 e. The molecule has 0 aromatic heterocycles. The Kier molecular flexibility index (Phi) is 4.00. The van der Waals surface area contributed by atoms with Gasteiger partial charge in [-0.25, -0.2) is 0 Å². The van der Waals surface area contributed by atoms with Crippen LogP contribution in [0.1, 0.15) is 18.1 Å². The lowest BCUT2D eigenvalue weighted by atomic mass is 10.1. The Morgan fingerprint density at radius 1 is 1.11 bits per heavy atom. The van der Waals surface area contributed by atoms with E-state index in [1.165, 1.54) is 0 Å². The lowest BCUT2D eigenvalue weighted by Gasteiger charge is -2.05. The van der Waals surface area contributed by atoms with Gasteiger partial charge in [0, 0.05) is 5.02 Å². The fourth-order valence-electron chi connectivity index (χ4n) is 1.55. The molecule has 0 saturated heterocycles. The molecule has 0 aliphatic rings. The molecule has 0 unspecified atom stereocenters. The third-order valence-corrected chi connectivity index (χ3v) is 3.12. The summed E-state index contributed by atoms with van der Waals surface area (Å²) >= 11 is 6.06. The molecule has 0 spiro atoms. The molecule has 18 heavy (non-hydrogen) atoms. The van der Waals surface area contributed by atoms with Crippen LogP contribution in [0.25, 0.3) is 0 Å². The van der Waals surface area contributed by atoms with Gasteiger partial charge in [0.2, 0.25) is 0 Å².